The summed E-state index contributed by atoms with van der Waals surface area (Å²) in [5.41, 5.74) is 0.832. The van der Waals surface area contributed by atoms with E-state index in [1.807, 2.05) is 30.3 Å². The minimum Gasteiger partial charge on any atom is -0.480 e. The van der Waals surface area contributed by atoms with Crippen LogP contribution in [0, 0.1) is 5.92 Å². The van der Waals surface area contributed by atoms with Crippen LogP contribution in [0.1, 0.15) is 50.1 Å². The SMILES string of the molecule is O=C(O)[C@@H](NCCC1CCCCC1)c1ccccc1. The lowest BCUT2D eigenvalue weighted by atomic mass is 9.87. The molecule has 0 saturated heterocycles. The van der Waals surface area contributed by atoms with Crippen molar-refractivity contribution in [1.82, 2.24) is 5.32 Å². The van der Waals surface area contributed by atoms with Crippen molar-refractivity contribution in [2.75, 3.05) is 6.54 Å². The zero-order chi connectivity index (χ0) is 13.5. The van der Waals surface area contributed by atoms with Crippen LogP contribution < -0.4 is 5.32 Å². The molecule has 1 atom stereocenters. The number of carbonyl (C=O) groups is 1. The van der Waals surface area contributed by atoms with Gasteiger partial charge in [0.1, 0.15) is 6.04 Å². The zero-order valence-electron chi connectivity index (χ0n) is 11.3. The molecule has 0 radical (unpaired) electrons. The molecule has 2 N–H and O–H groups in total. The minimum absolute atomic E-state index is 0.579. The number of hydrogen-bond acceptors (Lipinski definition) is 2. The molecule has 3 nitrogen and oxygen atoms in total. The first-order valence-electron chi connectivity index (χ1n) is 7.28. The number of carboxylic acid groups (broad SMARTS) is 1. The van der Waals surface area contributed by atoms with Gasteiger partial charge < -0.3 is 10.4 Å². The molecule has 0 heterocycles. The van der Waals surface area contributed by atoms with Crippen LogP contribution in [0.4, 0.5) is 0 Å². The van der Waals surface area contributed by atoms with Gasteiger partial charge in [-0.2, -0.15) is 0 Å². The normalized spacial score (nSPS) is 18.1. The Labute approximate surface area is 115 Å². The second kappa shape index (κ2) is 7.29. The van der Waals surface area contributed by atoms with E-state index in [1.54, 1.807) is 0 Å². The number of aliphatic carboxylic acids is 1. The van der Waals surface area contributed by atoms with Crippen LogP contribution in [0.3, 0.4) is 0 Å². The number of rotatable bonds is 6. The van der Waals surface area contributed by atoms with Gasteiger partial charge in [-0.15, -0.1) is 0 Å². The van der Waals surface area contributed by atoms with Crippen molar-refractivity contribution in [2.45, 2.75) is 44.6 Å². The standard InChI is InChI=1S/C16H23NO2/c18-16(19)15(14-9-5-2-6-10-14)17-12-11-13-7-3-1-4-8-13/h2,5-6,9-10,13,15,17H,1,3-4,7-8,11-12H2,(H,18,19)/t15-/m0/s1. The highest BCUT2D eigenvalue weighted by atomic mass is 16.4. The Balaban J connectivity index is 1.82. The van der Waals surface area contributed by atoms with Crippen LogP contribution in [-0.4, -0.2) is 17.6 Å². The van der Waals surface area contributed by atoms with Gasteiger partial charge in [0.25, 0.3) is 0 Å². The van der Waals surface area contributed by atoms with E-state index in [0.29, 0.717) is 0 Å². The smallest absolute Gasteiger partial charge is 0.325 e. The molecule has 0 spiro atoms. The van der Waals surface area contributed by atoms with Gasteiger partial charge in [0, 0.05) is 0 Å². The van der Waals surface area contributed by atoms with Crippen LogP contribution >= 0.6 is 0 Å². The maximum Gasteiger partial charge on any atom is 0.325 e. The maximum atomic E-state index is 11.3. The Hall–Kier alpha value is -1.35. The number of nitrogens with one attached hydrogen (secondary N) is 1. The Bertz CT molecular complexity index is 385. The highest BCUT2D eigenvalue weighted by molar-refractivity contribution is 5.75. The van der Waals surface area contributed by atoms with Crippen LogP contribution in [-0.2, 0) is 4.79 Å². The van der Waals surface area contributed by atoms with E-state index in [-0.39, 0.29) is 0 Å². The van der Waals surface area contributed by atoms with Crippen molar-refractivity contribution in [1.29, 1.82) is 0 Å². The predicted octanol–water partition coefficient (Wildman–Crippen LogP) is 3.37. The lowest BCUT2D eigenvalue weighted by molar-refractivity contribution is -0.139. The molecule has 1 saturated carbocycles. The highest BCUT2D eigenvalue weighted by Crippen LogP contribution is 2.26. The summed E-state index contributed by atoms with van der Waals surface area (Å²) in [6.45, 7) is 0.788. The van der Waals surface area contributed by atoms with Gasteiger partial charge >= 0.3 is 5.97 Å². The second-order valence-electron chi connectivity index (χ2n) is 5.43. The molecule has 1 aliphatic rings. The van der Waals surface area contributed by atoms with Crippen LogP contribution in [0.5, 0.6) is 0 Å². The molecular formula is C16H23NO2. The number of benzene rings is 1. The number of hydrogen-bond donors (Lipinski definition) is 2. The van der Waals surface area contributed by atoms with Gasteiger partial charge in [-0.05, 0) is 24.4 Å². The van der Waals surface area contributed by atoms with Crippen molar-refractivity contribution >= 4 is 5.97 Å². The Kier molecular flexibility index (Phi) is 5.40. The van der Waals surface area contributed by atoms with E-state index in [2.05, 4.69) is 5.32 Å². The van der Waals surface area contributed by atoms with Gasteiger partial charge in [0.2, 0.25) is 0 Å². The van der Waals surface area contributed by atoms with Crippen molar-refractivity contribution in [2.24, 2.45) is 5.92 Å². The average molecular weight is 261 g/mol. The van der Waals surface area contributed by atoms with Crippen LogP contribution in [0.15, 0.2) is 30.3 Å². The molecular weight excluding hydrogens is 238 g/mol. The number of carboxylic acids is 1. The maximum absolute atomic E-state index is 11.3. The molecule has 1 fully saturated rings. The summed E-state index contributed by atoms with van der Waals surface area (Å²) in [6, 6.07) is 8.83. The van der Waals surface area contributed by atoms with E-state index in [1.165, 1.54) is 32.1 Å². The van der Waals surface area contributed by atoms with Gasteiger partial charge in [-0.25, -0.2) is 0 Å². The van der Waals surface area contributed by atoms with E-state index < -0.39 is 12.0 Å². The third-order valence-electron chi connectivity index (χ3n) is 4.01. The molecule has 0 aromatic heterocycles. The van der Waals surface area contributed by atoms with E-state index in [0.717, 1.165) is 24.4 Å². The van der Waals surface area contributed by atoms with Crippen molar-refractivity contribution in [3.05, 3.63) is 35.9 Å². The molecule has 0 aliphatic heterocycles. The van der Waals surface area contributed by atoms with Gasteiger partial charge in [-0.1, -0.05) is 62.4 Å². The molecule has 1 aliphatic carbocycles. The molecule has 3 heteroatoms. The van der Waals surface area contributed by atoms with Crippen molar-refractivity contribution < 1.29 is 9.90 Å². The fraction of sp³-hybridized carbons (Fsp3) is 0.562. The van der Waals surface area contributed by atoms with Gasteiger partial charge in [0.15, 0.2) is 0 Å². The third-order valence-corrected chi connectivity index (χ3v) is 4.01. The summed E-state index contributed by atoms with van der Waals surface area (Å²) in [4.78, 5) is 11.3. The fourth-order valence-electron chi connectivity index (χ4n) is 2.90. The summed E-state index contributed by atoms with van der Waals surface area (Å²) < 4.78 is 0. The van der Waals surface area contributed by atoms with Crippen molar-refractivity contribution in [3.8, 4) is 0 Å². The van der Waals surface area contributed by atoms with Crippen LogP contribution in [0.2, 0.25) is 0 Å². The molecule has 104 valence electrons. The summed E-state index contributed by atoms with van der Waals surface area (Å²) in [7, 11) is 0. The summed E-state index contributed by atoms with van der Waals surface area (Å²) in [6.07, 6.45) is 7.76. The molecule has 0 amide bonds. The zero-order valence-corrected chi connectivity index (χ0v) is 11.3. The lowest BCUT2D eigenvalue weighted by Crippen LogP contribution is -2.30. The van der Waals surface area contributed by atoms with Crippen LogP contribution in [0.25, 0.3) is 0 Å². The van der Waals surface area contributed by atoms with Gasteiger partial charge in [-0.3, -0.25) is 4.79 Å². The Morgan fingerprint density at radius 2 is 1.89 bits per heavy atom. The minimum atomic E-state index is -0.796. The highest BCUT2D eigenvalue weighted by Gasteiger charge is 2.19. The summed E-state index contributed by atoms with van der Waals surface area (Å²) >= 11 is 0. The first-order chi connectivity index (χ1) is 9.27. The Morgan fingerprint density at radius 3 is 2.53 bits per heavy atom. The predicted molar refractivity (Wildman–Crippen MR) is 76.0 cm³/mol. The second-order valence-corrected chi connectivity index (χ2v) is 5.43. The summed E-state index contributed by atoms with van der Waals surface area (Å²) in [5, 5.41) is 12.5. The molecule has 1 aromatic rings. The third kappa shape index (κ3) is 4.35. The molecule has 1 aromatic carbocycles. The molecule has 2 rings (SSSR count). The monoisotopic (exact) mass is 261 g/mol. The molecule has 0 unspecified atom stereocenters. The largest absolute Gasteiger partial charge is 0.480 e. The lowest BCUT2D eigenvalue weighted by Gasteiger charge is -2.22. The van der Waals surface area contributed by atoms with E-state index in [9.17, 15) is 9.90 Å². The summed E-state index contributed by atoms with van der Waals surface area (Å²) in [5.74, 6) is -0.0127. The van der Waals surface area contributed by atoms with Crippen molar-refractivity contribution in [3.63, 3.8) is 0 Å². The topological polar surface area (TPSA) is 49.3 Å². The Morgan fingerprint density at radius 1 is 1.21 bits per heavy atom. The first-order valence-corrected chi connectivity index (χ1v) is 7.28. The van der Waals surface area contributed by atoms with E-state index in [4.69, 9.17) is 0 Å². The fourth-order valence-corrected chi connectivity index (χ4v) is 2.90. The first kappa shape index (κ1) is 14.1. The molecule has 0 bridgehead atoms. The molecule has 19 heavy (non-hydrogen) atoms. The average Bonchev–Trinajstić information content (AvgIpc) is 2.45. The van der Waals surface area contributed by atoms with Gasteiger partial charge in [0.05, 0.1) is 0 Å². The van der Waals surface area contributed by atoms with E-state index >= 15 is 0 Å². The quantitative estimate of drug-likeness (QED) is 0.825.